The van der Waals surface area contributed by atoms with Crippen molar-refractivity contribution in [1.29, 1.82) is 0 Å². The molecule has 0 aliphatic carbocycles. The highest BCUT2D eigenvalue weighted by Crippen LogP contribution is 2.36. The van der Waals surface area contributed by atoms with Gasteiger partial charge in [-0.2, -0.15) is 0 Å². The predicted octanol–water partition coefficient (Wildman–Crippen LogP) is 3.89. The molecule has 1 amide bonds. The second kappa shape index (κ2) is 8.99. The maximum absolute atomic E-state index is 11.8. The highest BCUT2D eigenvalue weighted by Gasteiger charge is 2.37. The molecule has 1 N–H and O–H groups in total. The van der Waals surface area contributed by atoms with Crippen LogP contribution in [0.15, 0.2) is 30.3 Å². The third-order valence-corrected chi connectivity index (χ3v) is 8.92. The first-order valence-electron chi connectivity index (χ1n) is 8.22. The maximum Gasteiger partial charge on any atom is 0.408 e. The van der Waals surface area contributed by atoms with E-state index in [-0.39, 0.29) is 11.6 Å². The van der Waals surface area contributed by atoms with E-state index in [2.05, 4.69) is 39.2 Å². The zero-order valence-corrected chi connectivity index (χ0v) is 16.3. The molecule has 0 spiro atoms. The van der Waals surface area contributed by atoms with Crippen molar-refractivity contribution >= 4 is 20.7 Å². The molecule has 0 bridgehead atoms. The summed E-state index contributed by atoms with van der Waals surface area (Å²) in [7, 11) is -1.84. The molecule has 6 heteroatoms. The summed E-state index contributed by atoms with van der Waals surface area (Å²) in [6, 6.07) is 8.80. The topological polar surface area (TPSA) is 64.6 Å². The number of benzene rings is 1. The normalized spacial score (nSPS) is 13.2. The Bertz CT molecular complexity index is 526. The molecule has 5 nitrogen and oxygen atoms in total. The number of ether oxygens (including phenoxy) is 1. The monoisotopic (exact) mass is 351 g/mol. The van der Waals surface area contributed by atoms with Gasteiger partial charge in [0.05, 0.1) is 6.04 Å². The van der Waals surface area contributed by atoms with Gasteiger partial charge in [0, 0.05) is 6.61 Å². The van der Waals surface area contributed by atoms with Gasteiger partial charge in [0.15, 0.2) is 8.32 Å². The first-order valence-corrected chi connectivity index (χ1v) is 11.1. The van der Waals surface area contributed by atoms with Crippen molar-refractivity contribution in [3.8, 4) is 0 Å². The SMILES string of the molecule is CC(C)(C)[Si](C)(C)OCC[C@@H](C=O)NC(=O)OCc1ccccc1. The summed E-state index contributed by atoms with van der Waals surface area (Å²) in [6.07, 6.45) is 0.568. The van der Waals surface area contributed by atoms with Crippen LogP contribution in [0.2, 0.25) is 18.1 Å². The van der Waals surface area contributed by atoms with Crippen LogP contribution < -0.4 is 5.32 Å². The number of hydrogen-bond donors (Lipinski definition) is 1. The Morgan fingerprint density at radius 3 is 2.42 bits per heavy atom. The van der Waals surface area contributed by atoms with Crippen LogP contribution in [0, 0.1) is 0 Å². The van der Waals surface area contributed by atoms with Crippen molar-refractivity contribution in [2.24, 2.45) is 0 Å². The largest absolute Gasteiger partial charge is 0.445 e. The van der Waals surface area contributed by atoms with Crippen LogP contribution in [0.5, 0.6) is 0 Å². The minimum absolute atomic E-state index is 0.117. The van der Waals surface area contributed by atoms with Crippen molar-refractivity contribution < 1.29 is 18.8 Å². The van der Waals surface area contributed by atoms with Gasteiger partial charge in [0.1, 0.15) is 12.9 Å². The summed E-state index contributed by atoms with van der Waals surface area (Å²) < 4.78 is 11.1. The highest BCUT2D eigenvalue weighted by atomic mass is 28.4. The van der Waals surface area contributed by atoms with Crippen LogP contribution in [0.3, 0.4) is 0 Å². The molecule has 24 heavy (non-hydrogen) atoms. The van der Waals surface area contributed by atoms with Crippen LogP contribution in [0.25, 0.3) is 0 Å². The van der Waals surface area contributed by atoms with Crippen molar-refractivity contribution in [1.82, 2.24) is 5.32 Å². The number of alkyl carbamates (subject to hydrolysis) is 1. The van der Waals surface area contributed by atoms with Crippen LogP contribution >= 0.6 is 0 Å². The Balaban J connectivity index is 2.36. The molecule has 0 fully saturated rings. The Hall–Kier alpha value is -1.66. The Kier molecular flexibility index (Phi) is 7.63. The van der Waals surface area contributed by atoms with E-state index in [4.69, 9.17) is 9.16 Å². The molecular formula is C18H29NO4Si. The highest BCUT2D eigenvalue weighted by molar-refractivity contribution is 6.74. The third kappa shape index (κ3) is 6.84. The van der Waals surface area contributed by atoms with Gasteiger partial charge in [-0.1, -0.05) is 51.1 Å². The molecule has 0 aliphatic heterocycles. The van der Waals surface area contributed by atoms with E-state index in [1.54, 1.807) is 0 Å². The zero-order valence-electron chi connectivity index (χ0n) is 15.3. The quantitative estimate of drug-likeness (QED) is 0.570. The van der Waals surface area contributed by atoms with E-state index in [1.807, 2.05) is 30.3 Å². The standard InChI is InChI=1S/C18H29NO4Si/c1-18(2,3)24(4,5)23-12-11-16(13-20)19-17(21)22-14-15-9-7-6-8-10-15/h6-10,13,16H,11-12,14H2,1-5H3,(H,19,21)/t16-/m0/s1. The lowest BCUT2D eigenvalue weighted by molar-refractivity contribution is -0.109. The molecule has 0 aliphatic rings. The van der Waals surface area contributed by atoms with Crippen molar-refractivity contribution in [2.45, 2.75) is 58.0 Å². The summed E-state index contributed by atoms with van der Waals surface area (Å²) in [6.45, 7) is 11.4. The van der Waals surface area contributed by atoms with Gasteiger partial charge in [0.2, 0.25) is 0 Å². The molecule has 0 aromatic heterocycles. The second-order valence-corrected chi connectivity index (χ2v) is 12.2. The second-order valence-electron chi connectivity index (χ2n) is 7.35. The maximum atomic E-state index is 11.8. The molecule has 0 unspecified atom stereocenters. The first-order chi connectivity index (χ1) is 11.2. The minimum Gasteiger partial charge on any atom is -0.445 e. The van der Waals surface area contributed by atoms with E-state index >= 15 is 0 Å². The van der Waals surface area contributed by atoms with Crippen LogP contribution in [-0.4, -0.2) is 33.3 Å². The molecule has 1 atom stereocenters. The Labute approximate surface area is 145 Å². The average Bonchev–Trinajstić information content (AvgIpc) is 2.51. The lowest BCUT2D eigenvalue weighted by atomic mass is 10.2. The van der Waals surface area contributed by atoms with Crippen LogP contribution in [0.4, 0.5) is 4.79 Å². The molecule has 0 radical (unpaired) electrons. The Morgan fingerprint density at radius 2 is 1.88 bits per heavy atom. The van der Waals surface area contributed by atoms with Gasteiger partial charge in [-0.15, -0.1) is 0 Å². The smallest absolute Gasteiger partial charge is 0.408 e. The van der Waals surface area contributed by atoms with Crippen molar-refractivity contribution in [3.05, 3.63) is 35.9 Å². The predicted molar refractivity (Wildman–Crippen MR) is 97.4 cm³/mol. The number of amides is 1. The van der Waals surface area contributed by atoms with Gasteiger partial charge in [-0.05, 0) is 30.1 Å². The van der Waals surface area contributed by atoms with Gasteiger partial charge in [-0.3, -0.25) is 0 Å². The van der Waals surface area contributed by atoms with Gasteiger partial charge in [-0.25, -0.2) is 4.79 Å². The number of aldehydes is 1. The van der Waals surface area contributed by atoms with Crippen molar-refractivity contribution in [2.75, 3.05) is 6.61 Å². The fraction of sp³-hybridized carbons (Fsp3) is 0.556. The summed E-state index contributed by atoms with van der Waals surface area (Å²) in [5.74, 6) is 0. The van der Waals surface area contributed by atoms with E-state index in [9.17, 15) is 9.59 Å². The molecule has 0 saturated heterocycles. The fourth-order valence-corrected chi connectivity index (χ4v) is 2.81. The third-order valence-electron chi connectivity index (χ3n) is 4.38. The number of hydrogen-bond acceptors (Lipinski definition) is 4. The van der Waals surface area contributed by atoms with E-state index in [0.717, 1.165) is 11.8 Å². The molecule has 134 valence electrons. The van der Waals surface area contributed by atoms with Crippen LogP contribution in [-0.2, 0) is 20.6 Å². The molecular weight excluding hydrogens is 322 g/mol. The Morgan fingerprint density at radius 1 is 1.25 bits per heavy atom. The van der Waals surface area contributed by atoms with Crippen molar-refractivity contribution in [3.63, 3.8) is 0 Å². The molecule has 1 aromatic carbocycles. The summed E-state index contributed by atoms with van der Waals surface area (Å²) >= 11 is 0. The van der Waals surface area contributed by atoms with Gasteiger partial charge < -0.3 is 19.3 Å². The molecule has 0 heterocycles. The van der Waals surface area contributed by atoms with Gasteiger partial charge in [0.25, 0.3) is 0 Å². The summed E-state index contributed by atoms with van der Waals surface area (Å²) in [5, 5.41) is 2.68. The molecule has 1 aromatic rings. The van der Waals surface area contributed by atoms with E-state index in [0.29, 0.717) is 13.0 Å². The van der Waals surface area contributed by atoms with Crippen LogP contribution in [0.1, 0.15) is 32.8 Å². The molecule has 0 saturated carbocycles. The zero-order chi connectivity index (χ0) is 18.2. The fourth-order valence-electron chi connectivity index (χ4n) is 1.75. The lowest BCUT2D eigenvalue weighted by Gasteiger charge is -2.36. The summed E-state index contributed by atoms with van der Waals surface area (Å²) in [5.41, 5.74) is 0.900. The summed E-state index contributed by atoms with van der Waals surface area (Å²) in [4.78, 5) is 22.9. The van der Waals surface area contributed by atoms with E-state index < -0.39 is 20.5 Å². The molecule has 1 rings (SSSR count). The lowest BCUT2D eigenvalue weighted by Crippen LogP contribution is -2.43. The number of nitrogens with one attached hydrogen (secondary N) is 1. The van der Waals surface area contributed by atoms with E-state index in [1.165, 1.54) is 0 Å². The number of carbonyl (C=O) groups is 2. The first kappa shape index (κ1) is 20.4. The van der Waals surface area contributed by atoms with Gasteiger partial charge >= 0.3 is 6.09 Å². The average molecular weight is 352 g/mol. The number of carbonyl (C=O) groups excluding carboxylic acids is 2. The minimum atomic E-state index is -1.84. The number of rotatable bonds is 8.